The van der Waals surface area contributed by atoms with Crippen LogP contribution in [0.2, 0.25) is 0 Å². The molecule has 1 N–H and O–H groups in total. The summed E-state index contributed by atoms with van der Waals surface area (Å²) in [5, 5.41) is 4.19. The van der Waals surface area contributed by atoms with Crippen molar-refractivity contribution in [2.45, 2.75) is 32.4 Å². The van der Waals surface area contributed by atoms with E-state index in [0.717, 1.165) is 23.5 Å². The van der Waals surface area contributed by atoms with Crippen molar-refractivity contribution in [2.24, 2.45) is 0 Å². The first kappa shape index (κ1) is 24.4. The molecule has 0 bridgehead atoms. The van der Waals surface area contributed by atoms with Crippen molar-refractivity contribution < 1.29 is 32.3 Å². The number of amides is 2. The van der Waals surface area contributed by atoms with Crippen LogP contribution < -0.4 is 5.32 Å². The Labute approximate surface area is 202 Å². The van der Waals surface area contributed by atoms with Crippen LogP contribution in [0.5, 0.6) is 0 Å². The van der Waals surface area contributed by atoms with E-state index in [1.165, 1.54) is 34.5 Å². The number of nitrogens with zero attached hydrogens (tertiary/aromatic N) is 2. The molecule has 7 nitrogen and oxygen atoms in total. The lowest BCUT2D eigenvalue weighted by Crippen LogP contribution is -2.28. The van der Waals surface area contributed by atoms with Crippen molar-refractivity contribution in [3.8, 4) is 0 Å². The smallest absolute Gasteiger partial charge is 0.357 e. The zero-order valence-electron chi connectivity index (χ0n) is 18.5. The van der Waals surface area contributed by atoms with E-state index in [1.54, 1.807) is 6.92 Å². The maximum atomic E-state index is 14.7. The van der Waals surface area contributed by atoms with Crippen molar-refractivity contribution >= 4 is 34.3 Å². The fraction of sp³-hybridized carbons (Fsp3) is 0.250. The van der Waals surface area contributed by atoms with E-state index in [1.807, 2.05) is 0 Å². The van der Waals surface area contributed by atoms with Gasteiger partial charge in [-0.2, -0.15) is 0 Å². The van der Waals surface area contributed by atoms with Gasteiger partial charge in [-0.15, -0.1) is 11.3 Å². The summed E-state index contributed by atoms with van der Waals surface area (Å²) in [4.78, 5) is 42.6. The van der Waals surface area contributed by atoms with Gasteiger partial charge in [0.15, 0.2) is 10.8 Å². The van der Waals surface area contributed by atoms with Gasteiger partial charge < -0.3 is 15.0 Å². The van der Waals surface area contributed by atoms with E-state index in [2.05, 4.69) is 10.3 Å². The number of ether oxygens (including phenoxy) is 1. The highest BCUT2D eigenvalue weighted by atomic mass is 32.1. The van der Waals surface area contributed by atoms with Crippen molar-refractivity contribution in [2.75, 3.05) is 11.9 Å². The lowest BCUT2D eigenvalue weighted by molar-refractivity contribution is -0.116. The molecule has 0 aliphatic carbocycles. The van der Waals surface area contributed by atoms with E-state index in [4.69, 9.17) is 4.74 Å². The standard InChI is InChI=1S/C24H20F3N3O4S/c1-2-34-23(33)17-12-35-24(28-17)29-19(31)10-9-18-20-15(26)7-8-16(27)21(20)22(32)30(18)11-13-3-5-14(25)6-4-13/h3-8,12,18H,2,9-11H2,1H3,(H,28,29,31). The monoisotopic (exact) mass is 503 g/mol. The number of carbonyl (C=O) groups is 3. The third-order valence-corrected chi connectivity index (χ3v) is 6.23. The summed E-state index contributed by atoms with van der Waals surface area (Å²) in [5.41, 5.74) is 0.155. The van der Waals surface area contributed by atoms with Crippen LogP contribution in [0.1, 0.15) is 57.8 Å². The minimum atomic E-state index is -0.907. The van der Waals surface area contributed by atoms with Crippen LogP contribution in [0.15, 0.2) is 41.8 Å². The molecule has 182 valence electrons. The lowest BCUT2D eigenvalue weighted by atomic mass is 9.99. The number of thiazole rings is 1. The molecule has 0 spiro atoms. The largest absolute Gasteiger partial charge is 0.461 e. The molecule has 11 heteroatoms. The van der Waals surface area contributed by atoms with Gasteiger partial charge in [-0.3, -0.25) is 9.59 Å². The van der Waals surface area contributed by atoms with Gasteiger partial charge in [0, 0.05) is 23.9 Å². The van der Waals surface area contributed by atoms with Gasteiger partial charge in [0.1, 0.15) is 17.5 Å². The van der Waals surface area contributed by atoms with Crippen LogP contribution in [0.25, 0.3) is 0 Å². The Morgan fingerprint density at radius 1 is 1.11 bits per heavy atom. The number of esters is 1. The lowest BCUT2D eigenvalue weighted by Gasteiger charge is -2.25. The van der Waals surface area contributed by atoms with Gasteiger partial charge >= 0.3 is 5.97 Å². The van der Waals surface area contributed by atoms with Crippen molar-refractivity contribution in [1.29, 1.82) is 0 Å². The van der Waals surface area contributed by atoms with E-state index in [-0.39, 0.29) is 47.9 Å². The number of rotatable bonds is 8. The molecule has 1 aromatic heterocycles. The molecule has 2 heterocycles. The Morgan fingerprint density at radius 2 is 1.83 bits per heavy atom. The van der Waals surface area contributed by atoms with Gasteiger partial charge in [-0.1, -0.05) is 12.1 Å². The topological polar surface area (TPSA) is 88.6 Å². The molecule has 1 aliphatic rings. The third kappa shape index (κ3) is 5.19. The predicted octanol–water partition coefficient (Wildman–Crippen LogP) is 4.85. The number of benzene rings is 2. The molecule has 1 unspecified atom stereocenters. The average Bonchev–Trinajstić information content (AvgIpc) is 3.40. The highest BCUT2D eigenvalue weighted by Gasteiger charge is 2.41. The second kappa shape index (κ2) is 10.3. The summed E-state index contributed by atoms with van der Waals surface area (Å²) in [6.45, 7) is 1.83. The van der Waals surface area contributed by atoms with Crippen molar-refractivity contribution in [1.82, 2.24) is 9.88 Å². The number of hydrogen-bond donors (Lipinski definition) is 1. The third-order valence-electron chi connectivity index (χ3n) is 5.47. The summed E-state index contributed by atoms with van der Waals surface area (Å²) in [7, 11) is 0. The molecule has 1 aliphatic heterocycles. The first-order valence-electron chi connectivity index (χ1n) is 10.7. The zero-order valence-corrected chi connectivity index (χ0v) is 19.3. The Morgan fingerprint density at radius 3 is 2.54 bits per heavy atom. The molecule has 0 radical (unpaired) electrons. The number of nitrogens with one attached hydrogen (secondary N) is 1. The van der Waals surface area contributed by atoms with E-state index >= 15 is 0 Å². The molecular weight excluding hydrogens is 483 g/mol. The quantitative estimate of drug-likeness (QED) is 0.444. The van der Waals surface area contributed by atoms with Gasteiger partial charge in [-0.25, -0.2) is 22.9 Å². The summed E-state index contributed by atoms with van der Waals surface area (Å²) in [6.07, 6.45) is -0.135. The predicted molar refractivity (Wildman–Crippen MR) is 121 cm³/mol. The molecule has 2 amide bonds. The summed E-state index contributed by atoms with van der Waals surface area (Å²) >= 11 is 1.04. The minimum absolute atomic E-state index is 0.00223. The van der Waals surface area contributed by atoms with Crippen LogP contribution in [0.4, 0.5) is 18.3 Å². The normalized spacial score (nSPS) is 14.7. The first-order chi connectivity index (χ1) is 16.8. The Balaban J connectivity index is 1.51. The molecule has 1 atom stereocenters. The van der Waals surface area contributed by atoms with Gasteiger partial charge in [0.25, 0.3) is 5.91 Å². The number of carbonyl (C=O) groups excluding carboxylic acids is 3. The average molecular weight is 504 g/mol. The molecule has 2 aromatic carbocycles. The summed E-state index contributed by atoms with van der Waals surface area (Å²) < 4.78 is 47.4. The SMILES string of the molecule is CCOC(=O)c1csc(NC(=O)CCC2c3c(F)ccc(F)c3C(=O)N2Cc2ccc(F)cc2)n1. The Bertz CT molecular complexity index is 1280. The minimum Gasteiger partial charge on any atom is -0.461 e. The molecule has 0 saturated heterocycles. The summed E-state index contributed by atoms with van der Waals surface area (Å²) in [5.74, 6) is -3.85. The second-order valence-corrected chi connectivity index (χ2v) is 8.60. The number of halogens is 3. The highest BCUT2D eigenvalue weighted by Crippen LogP contribution is 2.40. The van der Waals surface area contributed by atoms with Crippen molar-refractivity contribution in [3.63, 3.8) is 0 Å². The number of fused-ring (bicyclic) bond motifs is 1. The van der Waals surface area contributed by atoms with E-state index in [0.29, 0.717) is 5.56 Å². The number of anilines is 1. The fourth-order valence-corrected chi connectivity index (χ4v) is 4.60. The van der Waals surface area contributed by atoms with Crippen LogP contribution in [-0.4, -0.2) is 34.3 Å². The summed E-state index contributed by atoms with van der Waals surface area (Å²) in [6, 6.07) is 6.34. The van der Waals surface area contributed by atoms with Gasteiger partial charge in [-0.05, 0) is 43.2 Å². The molecular formula is C24H20F3N3O4S. The molecule has 3 aromatic rings. The van der Waals surface area contributed by atoms with Crippen LogP contribution >= 0.6 is 11.3 Å². The Kier molecular flexibility index (Phi) is 7.15. The Hall–Kier alpha value is -3.73. The van der Waals surface area contributed by atoms with Crippen LogP contribution in [0, 0.1) is 17.5 Å². The second-order valence-electron chi connectivity index (χ2n) is 7.74. The maximum Gasteiger partial charge on any atom is 0.357 e. The van der Waals surface area contributed by atoms with Crippen molar-refractivity contribution in [3.05, 3.63) is 81.6 Å². The van der Waals surface area contributed by atoms with E-state index in [9.17, 15) is 27.6 Å². The van der Waals surface area contributed by atoms with E-state index < -0.39 is 41.3 Å². The molecule has 4 rings (SSSR count). The van der Waals surface area contributed by atoms with Gasteiger partial charge in [0.05, 0.1) is 18.2 Å². The molecule has 35 heavy (non-hydrogen) atoms. The number of aromatic nitrogens is 1. The zero-order chi connectivity index (χ0) is 25.1. The molecule has 0 fully saturated rings. The number of hydrogen-bond acceptors (Lipinski definition) is 6. The van der Waals surface area contributed by atoms with Gasteiger partial charge in [0.2, 0.25) is 5.91 Å². The first-order valence-corrected chi connectivity index (χ1v) is 11.6. The maximum absolute atomic E-state index is 14.7. The molecule has 0 saturated carbocycles. The van der Waals surface area contributed by atoms with Crippen LogP contribution in [0.3, 0.4) is 0 Å². The van der Waals surface area contributed by atoms with Crippen LogP contribution in [-0.2, 0) is 16.1 Å². The highest BCUT2D eigenvalue weighted by molar-refractivity contribution is 7.14. The fourth-order valence-electron chi connectivity index (χ4n) is 3.90.